The third-order valence-electron chi connectivity index (χ3n) is 4.41. The first-order valence-electron chi connectivity index (χ1n) is 7.90. The Hall–Kier alpha value is -1.67. The first kappa shape index (κ1) is 22.0. The molecule has 0 amide bonds. The first-order valence-corrected chi connectivity index (χ1v) is 10.9. The molecule has 3 N–H and O–H groups in total. The largest absolute Gasteiger partial charge is 0.504 e. The minimum absolute atomic E-state index is 0.0193. The van der Waals surface area contributed by atoms with Gasteiger partial charge in [-0.25, -0.2) is 0 Å². The maximum Gasteiger partial charge on any atom is 0.283 e. The number of rotatable bonds is 4. The van der Waals surface area contributed by atoms with Gasteiger partial charge >= 0.3 is 0 Å². The van der Waals surface area contributed by atoms with Crippen molar-refractivity contribution in [3.63, 3.8) is 0 Å². The minimum Gasteiger partial charge on any atom is -0.504 e. The number of halogens is 4. The van der Waals surface area contributed by atoms with Gasteiger partial charge in [-0.3, -0.25) is 4.55 Å². The summed E-state index contributed by atoms with van der Waals surface area (Å²) in [5.74, 6) is -1.25. The van der Waals surface area contributed by atoms with Gasteiger partial charge in [0.05, 0.1) is 15.1 Å². The van der Waals surface area contributed by atoms with Crippen molar-refractivity contribution in [1.82, 2.24) is 0 Å². The summed E-state index contributed by atoms with van der Waals surface area (Å²) < 4.78 is 34.1. The zero-order chi connectivity index (χ0) is 21.6. The Morgan fingerprint density at radius 3 is 1.90 bits per heavy atom. The van der Waals surface area contributed by atoms with Gasteiger partial charge in [-0.2, -0.15) is 8.42 Å². The molecule has 5 nitrogen and oxygen atoms in total. The second-order valence-electron chi connectivity index (χ2n) is 6.06. The zero-order valence-corrected chi connectivity index (χ0v) is 18.1. The van der Waals surface area contributed by atoms with Crippen molar-refractivity contribution >= 4 is 56.5 Å². The molecule has 3 rings (SSSR count). The van der Waals surface area contributed by atoms with Crippen LogP contribution in [0.25, 0.3) is 0 Å². The van der Waals surface area contributed by atoms with E-state index in [1.165, 1.54) is 36.4 Å². The average molecular weight is 494 g/mol. The summed E-state index contributed by atoms with van der Waals surface area (Å²) in [5, 5.41) is 19.2. The van der Waals surface area contributed by atoms with Crippen LogP contribution in [0.5, 0.6) is 11.5 Å². The molecule has 0 aromatic heterocycles. The number of aromatic hydroxyl groups is 2. The van der Waals surface area contributed by atoms with E-state index >= 15 is 0 Å². The van der Waals surface area contributed by atoms with E-state index in [0.717, 1.165) is 12.1 Å². The Kier molecular flexibility index (Phi) is 5.98. The van der Waals surface area contributed by atoms with Gasteiger partial charge in [0.15, 0.2) is 16.2 Å². The van der Waals surface area contributed by atoms with Crippen molar-refractivity contribution in [2.45, 2.75) is 4.75 Å². The smallest absolute Gasteiger partial charge is 0.283 e. The molecule has 0 heterocycles. The Morgan fingerprint density at radius 1 is 0.759 bits per heavy atom. The van der Waals surface area contributed by atoms with Crippen LogP contribution < -0.4 is 0 Å². The Bertz CT molecular complexity index is 1200. The SMILES string of the molecule is O=S(=O)(O)C(c1ccccc1)(c1cc(O)c(O)cc1Cl)c1c(Cl)ccc(Cl)c1Cl. The number of benzene rings is 3. The maximum absolute atomic E-state index is 13.0. The molecule has 0 radical (unpaired) electrons. The highest BCUT2D eigenvalue weighted by Crippen LogP contribution is 2.53. The van der Waals surface area contributed by atoms with Gasteiger partial charge < -0.3 is 10.2 Å². The van der Waals surface area contributed by atoms with Crippen molar-refractivity contribution < 1.29 is 23.2 Å². The molecule has 3 aromatic carbocycles. The summed E-state index contributed by atoms with van der Waals surface area (Å²) in [6.45, 7) is 0. The van der Waals surface area contributed by atoms with E-state index in [0.29, 0.717) is 0 Å². The van der Waals surface area contributed by atoms with Crippen LogP contribution in [0.2, 0.25) is 20.1 Å². The van der Waals surface area contributed by atoms with Gasteiger partial charge in [0, 0.05) is 22.2 Å². The molecule has 0 saturated carbocycles. The lowest BCUT2D eigenvalue weighted by molar-refractivity contribution is 0.402. The van der Waals surface area contributed by atoms with Crippen LogP contribution in [0.1, 0.15) is 16.7 Å². The van der Waals surface area contributed by atoms with Crippen LogP contribution in [0.3, 0.4) is 0 Å². The molecule has 152 valence electrons. The molecule has 0 bridgehead atoms. The van der Waals surface area contributed by atoms with Crippen molar-refractivity contribution in [2.24, 2.45) is 0 Å². The highest BCUT2D eigenvalue weighted by atomic mass is 35.5. The molecule has 1 atom stereocenters. The van der Waals surface area contributed by atoms with Gasteiger partial charge in [0.2, 0.25) is 0 Å². The Morgan fingerprint density at radius 2 is 1.31 bits per heavy atom. The molecule has 0 aliphatic heterocycles. The third kappa shape index (κ3) is 3.54. The van der Waals surface area contributed by atoms with Crippen LogP contribution in [-0.2, 0) is 14.9 Å². The van der Waals surface area contributed by atoms with Crippen LogP contribution in [0, 0.1) is 0 Å². The number of phenolic OH excluding ortho intramolecular Hbond substituents is 2. The molecule has 10 heteroatoms. The lowest BCUT2D eigenvalue weighted by Crippen LogP contribution is -2.39. The fourth-order valence-corrected chi connectivity index (χ4v) is 5.83. The minimum atomic E-state index is -5.10. The van der Waals surface area contributed by atoms with Crippen molar-refractivity contribution in [3.8, 4) is 11.5 Å². The van der Waals surface area contributed by atoms with E-state index in [9.17, 15) is 23.2 Å². The van der Waals surface area contributed by atoms with Gasteiger partial charge in [0.25, 0.3) is 10.1 Å². The molecular formula is C19H12Cl4O5S. The molecule has 0 aliphatic rings. The number of hydrogen-bond donors (Lipinski definition) is 3. The van der Waals surface area contributed by atoms with E-state index in [1.54, 1.807) is 6.07 Å². The average Bonchev–Trinajstić information content (AvgIpc) is 2.65. The fourth-order valence-electron chi connectivity index (χ4n) is 3.20. The highest BCUT2D eigenvalue weighted by Gasteiger charge is 2.52. The summed E-state index contributed by atoms with van der Waals surface area (Å²) >= 11 is 25.1. The summed E-state index contributed by atoms with van der Waals surface area (Å²) in [6, 6.07) is 12.1. The summed E-state index contributed by atoms with van der Waals surface area (Å²) in [5.41, 5.74) is -0.510. The van der Waals surface area contributed by atoms with Gasteiger partial charge in [-0.1, -0.05) is 76.7 Å². The van der Waals surface area contributed by atoms with Crippen LogP contribution in [0.4, 0.5) is 0 Å². The molecular weight excluding hydrogens is 482 g/mol. The van der Waals surface area contributed by atoms with E-state index in [4.69, 9.17) is 46.4 Å². The van der Waals surface area contributed by atoms with Gasteiger partial charge in [-0.05, 0) is 23.8 Å². The molecule has 0 saturated heterocycles. The van der Waals surface area contributed by atoms with E-state index < -0.39 is 26.4 Å². The normalized spacial score (nSPS) is 13.8. The van der Waals surface area contributed by atoms with Gasteiger partial charge in [-0.15, -0.1) is 0 Å². The summed E-state index contributed by atoms with van der Waals surface area (Å²) in [7, 11) is -5.10. The molecule has 0 spiro atoms. The second-order valence-corrected chi connectivity index (χ2v) is 9.22. The topological polar surface area (TPSA) is 94.8 Å². The first-order chi connectivity index (χ1) is 13.5. The standard InChI is InChI=1S/C19H12Cl4O5S/c20-12-6-7-13(21)18(23)17(12)19(29(26,27)28,10-4-2-1-3-5-10)11-8-15(24)16(25)9-14(11)22/h1-9,24-25H,(H,26,27,28). The number of phenols is 2. The molecule has 1 unspecified atom stereocenters. The van der Waals surface area contributed by atoms with Crippen LogP contribution >= 0.6 is 46.4 Å². The van der Waals surface area contributed by atoms with Gasteiger partial charge in [0.1, 0.15) is 0 Å². The predicted octanol–water partition coefficient (Wildman–Crippen LogP) is 5.89. The van der Waals surface area contributed by atoms with Crippen molar-refractivity contribution in [2.75, 3.05) is 0 Å². The molecule has 0 fully saturated rings. The van der Waals surface area contributed by atoms with E-state index in [-0.39, 0.29) is 36.8 Å². The Balaban J connectivity index is 2.67. The third-order valence-corrected chi connectivity index (χ3v) is 7.27. The predicted molar refractivity (Wildman–Crippen MR) is 114 cm³/mol. The van der Waals surface area contributed by atoms with Crippen LogP contribution in [-0.4, -0.2) is 23.2 Å². The van der Waals surface area contributed by atoms with Crippen LogP contribution in [0.15, 0.2) is 54.6 Å². The van der Waals surface area contributed by atoms with E-state index in [1.807, 2.05) is 0 Å². The van der Waals surface area contributed by atoms with E-state index in [2.05, 4.69) is 0 Å². The highest BCUT2D eigenvalue weighted by molar-refractivity contribution is 7.87. The lowest BCUT2D eigenvalue weighted by Gasteiger charge is -2.34. The summed E-state index contributed by atoms with van der Waals surface area (Å²) in [4.78, 5) is 0. The maximum atomic E-state index is 13.0. The monoisotopic (exact) mass is 492 g/mol. The number of hydrogen-bond acceptors (Lipinski definition) is 4. The summed E-state index contributed by atoms with van der Waals surface area (Å²) in [6.07, 6.45) is 0. The molecule has 3 aromatic rings. The molecule has 0 aliphatic carbocycles. The zero-order valence-electron chi connectivity index (χ0n) is 14.3. The van der Waals surface area contributed by atoms with Crippen molar-refractivity contribution in [3.05, 3.63) is 91.4 Å². The molecule has 29 heavy (non-hydrogen) atoms. The lowest BCUT2D eigenvalue weighted by atomic mass is 9.83. The quantitative estimate of drug-likeness (QED) is 0.182. The van der Waals surface area contributed by atoms with Crippen molar-refractivity contribution in [1.29, 1.82) is 0 Å². The fraction of sp³-hybridized carbons (Fsp3) is 0.0526. The Labute approximate surface area is 186 Å². The second kappa shape index (κ2) is 7.87.